The van der Waals surface area contributed by atoms with Gasteiger partial charge >= 0.3 is 11.9 Å². The second-order valence-corrected chi connectivity index (χ2v) is 10.0. The van der Waals surface area contributed by atoms with E-state index in [1.165, 1.54) is 37.7 Å². The number of nitrogens with zero attached hydrogens (tertiary/aromatic N) is 3. The smallest absolute Gasteiger partial charge is 0.365 e. The molecule has 0 radical (unpaired) electrons. The number of hydrogen-bond donors (Lipinski definition) is 0. The first kappa shape index (κ1) is 21.8. The van der Waals surface area contributed by atoms with Crippen molar-refractivity contribution in [3.05, 3.63) is 69.7 Å². The van der Waals surface area contributed by atoms with Gasteiger partial charge in [-0.15, -0.1) is 0 Å². The van der Waals surface area contributed by atoms with Crippen molar-refractivity contribution >= 4 is 67.8 Å². The predicted molar refractivity (Wildman–Crippen MR) is 128 cm³/mol. The highest BCUT2D eigenvalue weighted by atomic mass is 79.9. The Labute approximate surface area is 196 Å². The Morgan fingerprint density at radius 2 is 1.58 bits per heavy atom. The maximum atomic E-state index is 12.6. The van der Waals surface area contributed by atoms with E-state index in [1.807, 2.05) is 66.4 Å². The van der Waals surface area contributed by atoms with Gasteiger partial charge in [0.2, 0.25) is 9.37 Å². The SMILES string of the molecule is COC(=O)C1=NN(c2ccc(Br)cc2)[C@@]2(S1)SC(C(=O)OC)=C(C)N2c1ccccc1. The van der Waals surface area contributed by atoms with Gasteiger partial charge in [-0.1, -0.05) is 45.9 Å². The van der Waals surface area contributed by atoms with Crippen LogP contribution in [0.4, 0.5) is 11.4 Å². The fraction of sp³-hybridized carbons (Fsp3) is 0.190. The summed E-state index contributed by atoms with van der Waals surface area (Å²) in [5.41, 5.74) is 2.31. The van der Waals surface area contributed by atoms with E-state index >= 15 is 0 Å². The highest BCUT2D eigenvalue weighted by molar-refractivity contribution is 9.10. The van der Waals surface area contributed by atoms with Crippen LogP contribution in [0.1, 0.15) is 6.92 Å². The molecule has 0 aromatic heterocycles. The van der Waals surface area contributed by atoms with Crippen LogP contribution in [0.2, 0.25) is 0 Å². The van der Waals surface area contributed by atoms with Gasteiger partial charge in [0.15, 0.2) is 0 Å². The van der Waals surface area contributed by atoms with Crippen LogP contribution in [0.25, 0.3) is 0 Å². The van der Waals surface area contributed by atoms with Gasteiger partial charge in [0.1, 0.15) is 4.91 Å². The summed E-state index contributed by atoms with van der Waals surface area (Å²) >= 11 is 5.97. The Balaban J connectivity index is 1.91. The number of anilines is 2. The van der Waals surface area contributed by atoms with Gasteiger partial charge in [0, 0.05) is 15.9 Å². The molecule has 0 N–H and O–H groups in total. The maximum absolute atomic E-state index is 12.6. The number of ether oxygens (including phenoxy) is 2. The average molecular weight is 520 g/mol. The van der Waals surface area contributed by atoms with E-state index in [0.717, 1.165) is 15.8 Å². The summed E-state index contributed by atoms with van der Waals surface area (Å²) in [6.07, 6.45) is 0. The number of rotatable bonds is 4. The van der Waals surface area contributed by atoms with Crippen molar-refractivity contribution in [2.24, 2.45) is 5.10 Å². The first-order valence-corrected chi connectivity index (χ1v) is 11.6. The number of allylic oxidation sites excluding steroid dienone is 1. The molecule has 2 aliphatic heterocycles. The summed E-state index contributed by atoms with van der Waals surface area (Å²) in [6.45, 7) is 1.86. The zero-order chi connectivity index (χ0) is 22.2. The van der Waals surface area contributed by atoms with Crippen LogP contribution in [0, 0.1) is 0 Å². The molecule has 2 aliphatic rings. The molecule has 160 valence electrons. The number of carbonyl (C=O) groups excluding carboxylic acids is 2. The number of halogens is 1. The fourth-order valence-electron chi connectivity index (χ4n) is 3.30. The first-order valence-electron chi connectivity index (χ1n) is 9.16. The highest BCUT2D eigenvalue weighted by Gasteiger charge is 2.58. The van der Waals surface area contributed by atoms with E-state index in [1.54, 1.807) is 5.01 Å². The molecule has 1 atom stereocenters. The molecule has 0 bridgehead atoms. The van der Waals surface area contributed by atoms with E-state index in [0.29, 0.717) is 10.6 Å². The van der Waals surface area contributed by atoms with Gasteiger partial charge in [-0.3, -0.25) is 0 Å². The third-order valence-electron chi connectivity index (χ3n) is 4.69. The van der Waals surface area contributed by atoms with Crippen molar-refractivity contribution in [2.45, 2.75) is 11.3 Å². The van der Waals surface area contributed by atoms with E-state index in [2.05, 4.69) is 21.0 Å². The predicted octanol–water partition coefficient (Wildman–Crippen LogP) is 4.76. The summed E-state index contributed by atoms with van der Waals surface area (Å²) in [7, 11) is 2.67. The minimum atomic E-state index is -0.994. The number of esters is 2. The Morgan fingerprint density at radius 3 is 2.19 bits per heavy atom. The van der Waals surface area contributed by atoms with Gasteiger partial charge < -0.3 is 14.4 Å². The van der Waals surface area contributed by atoms with E-state index < -0.39 is 16.3 Å². The maximum Gasteiger partial charge on any atom is 0.365 e. The van der Waals surface area contributed by atoms with Crippen LogP contribution in [0.3, 0.4) is 0 Å². The molecule has 7 nitrogen and oxygen atoms in total. The van der Waals surface area contributed by atoms with Crippen molar-refractivity contribution in [1.29, 1.82) is 0 Å². The second-order valence-electron chi connectivity index (χ2n) is 6.51. The van der Waals surface area contributed by atoms with Gasteiger partial charge in [0.05, 0.1) is 19.9 Å². The standard InChI is InChI=1S/C21H18BrN3O4S2/c1-13-17(19(26)28-2)30-21(24(13)15-7-5-4-6-8-15)25(16-11-9-14(22)10-12-16)23-18(31-21)20(27)29-3/h4-12H,1-3H3/t21-/m1/s1. The van der Waals surface area contributed by atoms with Crippen molar-refractivity contribution in [3.8, 4) is 0 Å². The molecule has 2 aromatic rings. The summed E-state index contributed by atoms with van der Waals surface area (Å²) < 4.78 is 9.90. The minimum absolute atomic E-state index is 0.192. The average Bonchev–Trinajstić information content (AvgIpc) is 3.31. The minimum Gasteiger partial charge on any atom is -0.465 e. The topological polar surface area (TPSA) is 71.4 Å². The molecule has 0 unspecified atom stereocenters. The number of benzene rings is 2. The molecular formula is C21H18BrN3O4S2. The number of methoxy groups -OCH3 is 2. The number of hydrogen-bond acceptors (Lipinski definition) is 9. The Hall–Kier alpha value is -2.43. The molecule has 2 aromatic carbocycles. The summed E-state index contributed by atoms with van der Waals surface area (Å²) in [5, 5.41) is 6.54. The molecular weight excluding hydrogens is 502 g/mol. The summed E-state index contributed by atoms with van der Waals surface area (Å²) in [6, 6.07) is 17.2. The van der Waals surface area contributed by atoms with Crippen LogP contribution in [0.5, 0.6) is 0 Å². The van der Waals surface area contributed by atoms with Gasteiger partial charge in [-0.05, 0) is 55.1 Å². The molecule has 2 heterocycles. The molecule has 0 fully saturated rings. The van der Waals surface area contributed by atoms with E-state index in [4.69, 9.17) is 9.47 Å². The van der Waals surface area contributed by atoms with Crippen LogP contribution >= 0.6 is 39.5 Å². The number of carbonyl (C=O) groups is 2. The van der Waals surface area contributed by atoms with Crippen molar-refractivity contribution in [2.75, 3.05) is 24.1 Å². The van der Waals surface area contributed by atoms with Crippen LogP contribution < -0.4 is 9.91 Å². The third kappa shape index (κ3) is 3.72. The lowest BCUT2D eigenvalue weighted by molar-refractivity contribution is -0.135. The third-order valence-corrected chi connectivity index (χ3v) is 8.07. The Morgan fingerprint density at radius 1 is 0.935 bits per heavy atom. The monoisotopic (exact) mass is 519 g/mol. The van der Waals surface area contributed by atoms with Crippen LogP contribution in [-0.2, 0) is 19.1 Å². The Kier molecular flexibility index (Phi) is 6.05. The fourth-order valence-corrected chi connectivity index (χ4v) is 6.57. The summed E-state index contributed by atoms with van der Waals surface area (Å²) in [4.78, 5) is 27.5. The van der Waals surface area contributed by atoms with Crippen molar-refractivity contribution in [1.82, 2.24) is 0 Å². The van der Waals surface area contributed by atoms with E-state index in [9.17, 15) is 9.59 Å². The highest BCUT2D eigenvalue weighted by Crippen LogP contribution is 2.60. The zero-order valence-electron chi connectivity index (χ0n) is 16.9. The number of thioether (sulfide) groups is 2. The lowest BCUT2D eigenvalue weighted by Gasteiger charge is -2.41. The van der Waals surface area contributed by atoms with Gasteiger partial charge in [-0.2, -0.15) is 5.10 Å². The molecule has 0 saturated carbocycles. The van der Waals surface area contributed by atoms with Crippen molar-refractivity contribution < 1.29 is 19.1 Å². The van der Waals surface area contributed by atoms with Crippen LogP contribution in [0.15, 0.2) is 74.8 Å². The normalized spacial score (nSPS) is 20.3. The van der Waals surface area contributed by atoms with Gasteiger partial charge in [-0.25, -0.2) is 14.6 Å². The largest absolute Gasteiger partial charge is 0.465 e. The molecule has 1 spiro atoms. The molecule has 31 heavy (non-hydrogen) atoms. The molecule has 0 saturated heterocycles. The van der Waals surface area contributed by atoms with Gasteiger partial charge in [0.25, 0.3) is 0 Å². The zero-order valence-corrected chi connectivity index (χ0v) is 20.1. The number of para-hydroxylation sites is 1. The second kappa shape index (κ2) is 8.60. The molecule has 0 amide bonds. The molecule has 10 heteroatoms. The molecule has 0 aliphatic carbocycles. The summed E-state index contributed by atoms with van der Waals surface area (Å²) in [5.74, 6) is -0.982. The number of hydrazone groups is 1. The molecule has 4 rings (SSSR count). The Bertz CT molecular complexity index is 1090. The lowest BCUT2D eigenvalue weighted by atomic mass is 10.2. The van der Waals surface area contributed by atoms with Crippen LogP contribution in [-0.4, -0.2) is 35.5 Å². The lowest BCUT2D eigenvalue weighted by Crippen LogP contribution is -2.49. The quantitative estimate of drug-likeness (QED) is 0.535. The first-order chi connectivity index (χ1) is 14.9. The van der Waals surface area contributed by atoms with Crippen molar-refractivity contribution in [3.63, 3.8) is 0 Å². The van der Waals surface area contributed by atoms with E-state index in [-0.39, 0.29) is 5.04 Å².